The first kappa shape index (κ1) is 16.4. The second-order valence-corrected chi connectivity index (χ2v) is 5.86. The Morgan fingerprint density at radius 2 is 2.33 bits per heavy atom. The third kappa shape index (κ3) is 4.30. The molecule has 128 valence electrons. The van der Waals surface area contributed by atoms with Crippen LogP contribution in [0.3, 0.4) is 0 Å². The largest absolute Gasteiger partial charge is 0.472 e. The number of carbonyl (C=O) groups excluding carboxylic acids is 1. The molecule has 1 unspecified atom stereocenters. The Bertz CT molecular complexity index is 695. The second kappa shape index (κ2) is 7.41. The van der Waals surface area contributed by atoms with Crippen LogP contribution in [0.25, 0.3) is 0 Å². The Balaban J connectivity index is 1.62. The van der Waals surface area contributed by atoms with Gasteiger partial charge in [-0.2, -0.15) is 0 Å². The van der Waals surface area contributed by atoms with Crippen LogP contribution in [-0.2, 0) is 11.3 Å². The normalized spacial score (nSPS) is 17.2. The number of amides is 1. The van der Waals surface area contributed by atoms with Gasteiger partial charge in [-0.25, -0.2) is 4.98 Å². The highest BCUT2D eigenvalue weighted by Gasteiger charge is 2.18. The monoisotopic (exact) mass is 332 g/mol. The van der Waals surface area contributed by atoms with Gasteiger partial charge in [-0.1, -0.05) is 5.16 Å². The average Bonchev–Trinajstić information content (AvgIpc) is 3.19. The number of anilines is 1. The van der Waals surface area contributed by atoms with E-state index in [1.54, 1.807) is 24.4 Å². The number of hydrogen-bond acceptors (Lipinski definition) is 7. The van der Waals surface area contributed by atoms with Crippen molar-refractivity contribution >= 4 is 11.6 Å². The summed E-state index contributed by atoms with van der Waals surface area (Å²) in [6.45, 7) is 1.84. The molecule has 1 aliphatic rings. The molecule has 0 aliphatic carbocycles. The van der Waals surface area contributed by atoms with Gasteiger partial charge in [-0.05, 0) is 20.2 Å². The number of ether oxygens (including phenoxy) is 2. The summed E-state index contributed by atoms with van der Waals surface area (Å²) >= 11 is 0. The quantitative estimate of drug-likeness (QED) is 0.858. The maximum atomic E-state index is 12.2. The fourth-order valence-corrected chi connectivity index (χ4v) is 2.33. The van der Waals surface area contributed by atoms with Crippen molar-refractivity contribution in [3.05, 3.63) is 35.9 Å². The Hall–Kier alpha value is -2.45. The van der Waals surface area contributed by atoms with Gasteiger partial charge in [0.2, 0.25) is 5.88 Å². The molecule has 0 aromatic carbocycles. The predicted molar refractivity (Wildman–Crippen MR) is 85.9 cm³/mol. The van der Waals surface area contributed by atoms with E-state index in [2.05, 4.69) is 15.5 Å². The summed E-state index contributed by atoms with van der Waals surface area (Å²) in [5.74, 6) is 0.743. The molecule has 0 bridgehead atoms. The van der Waals surface area contributed by atoms with Crippen LogP contribution in [0.1, 0.15) is 22.7 Å². The molecule has 1 fully saturated rings. The topological polar surface area (TPSA) is 89.7 Å². The van der Waals surface area contributed by atoms with Gasteiger partial charge in [0.05, 0.1) is 19.8 Å². The van der Waals surface area contributed by atoms with Gasteiger partial charge in [0, 0.05) is 30.4 Å². The average molecular weight is 332 g/mol. The molecule has 8 heteroatoms. The molecule has 3 rings (SSSR count). The zero-order valence-corrected chi connectivity index (χ0v) is 13.7. The lowest BCUT2D eigenvalue weighted by atomic mass is 10.3. The molecule has 1 aliphatic heterocycles. The van der Waals surface area contributed by atoms with E-state index in [1.165, 1.54) is 0 Å². The molecule has 2 aromatic heterocycles. The zero-order chi connectivity index (χ0) is 16.9. The summed E-state index contributed by atoms with van der Waals surface area (Å²) in [4.78, 5) is 18.3. The smallest absolute Gasteiger partial charge is 0.277 e. The van der Waals surface area contributed by atoms with Crippen LogP contribution in [-0.4, -0.2) is 54.4 Å². The summed E-state index contributed by atoms with van der Waals surface area (Å²) in [7, 11) is 3.83. The van der Waals surface area contributed by atoms with Crippen LogP contribution in [0.2, 0.25) is 0 Å². The Kier molecular flexibility index (Phi) is 5.07. The van der Waals surface area contributed by atoms with Crippen molar-refractivity contribution in [1.29, 1.82) is 0 Å². The SMILES string of the molecule is CN(C)Cc1cc(C(=O)Nc2ccnc(OC3CCOC3)c2)no1. The maximum absolute atomic E-state index is 12.2. The number of nitrogens with one attached hydrogen (secondary N) is 1. The molecule has 1 saturated heterocycles. The third-order valence-electron chi connectivity index (χ3n) is 3.43. The Morgan fingerprint density at radius 3 is 3.08 bits per heavy atom. The van der Waals surface area contributed by atoms with Crippen LogP contribution < -0.4 is 10.1 Å². The minimum Gasteiger partial charge on any atom is -0.472 e. The molecule has 8 nitrogen and oxygen atoms in total. The van der Waals surface area contributed by atoms with Crippen LogP contribution in [0, 0.1) is 0 Å². The summed E-state index contributed by atoms with van der Waals surface area (Å²) in [6, 6.07) is 5.00. The third-order valence-corrected chi connectivity index (χ3v) is 3.43. The van der Waals surface area contributed by atoms with Gasteiger partial charge in [0.15, 0.2) is 11.5 Å². The van der Waals surface area contributed by atoms with Crippen molar-refractivity contribution in [2.24, 2.45) is 0 Å². The molecular formula is C16H20N4O4. The van der Waals surface area contributed by atoms with Crippen molar-refractivity contribution in [2.75, 3.05) is 32.6 Å². The fraction of sp³-hybridized carbons (Fsp3) is 0.438. The van der Waals surface area contributed by atoms with Gasteiger partial charge < -0.3 is 24.2 Å². The Labute approximate surface area is 139 Å². The lowest BCUT2D eigenvalue weighted by molar-refractivity contribution is 0.101. The molecule has 1 N–H and O–H groups in total. The van der Waals surface area contributed by atoms with E-state index in [9.17, 15) is 4.79 Å². The summed E-state index contributed by atoms with van der Waals surface area (Å²) in [5.41, 5.74) is 0.816. The minimum atomic E-state index is -0.342. The maximum Gasteiger partial charge on any atom is 0.277 e. The fourth-order valence-electron chi connectivity index (χ4n) is 2.33. The van der Waals surface area contributed by atoms with Gasteiger partial charge in [0.25, 0.3) is 5.91 Å². The standard InChI is InChI=1S/C16H20N4O4/c1-20(2)9-13-8-14(19-24-13)16(21)18-11-3-5-17-15(7-11)23-12-4-6-22-10-12/h3,5,7-8,12H,4,6,9-10H2,1-2H3,(H,17,18,21). The highest BCUT2D eigenvalue weighted by molar-refractivity contribution is 6.02. The van der Waals surface area contributed by atoms with E-state index in [-0.39, 0.29) is 17.7 Å². The lowest BCUT2D eigenvalue weighted by Gasteiger charge is -2.11. The summed E-state index contributed by atoms with van der Waals surface area (Å²) < 4.78 is 16.1. The second-order valence-electron chi connectivity index (χ2n) is 5.86. The van der Waals surface area contributed by atoms with Crippen molar-refractivity contribution in [2.45, 2.75) is 19.1 Å². The van der Waals surface area contributed by atoms with Gasteiger partial charge in [-0.15, -0.1) is 0 Å². The molecule has 1 atom stereocenters. The molecule has 0 radical (unpaired) electrons. The van der Waals surface area contributed by atoms with Crippen molar-refractivity contribution in [1.82, 2.24) is 15.0 Å². The number of hydrogen-bond donors (Lipinski definition) is 1. The van der Waals surface area contributed by atoms with E-state index in [0.29, 0.717) is 37.1 Å². The Morgan fingerprint density at radius 1 is 1.46 bits per heavy atom. The number of nitrogens with zero attached hydrogens (tertiary/aromatic N) is 3. The van der Waals surface area contributed by atoms with Crippen LogP contribution in [0.15, 0.2) is 28.9 Å². The van der Waals surface area contributed by atoms with Crippen LogP contribution >= 0.6 is 0 Å². The van der Waals surface area contributed by atoms with Crippen LogP contribution in [0.4, 0.5) is 5.69 Å². The molecule has 3 heterocycles. The predicted octanol–water partition coefficient (Wildman–Crippen LogP) is 1.55. The van der Waals surface area contributed by atoms with Gasteiger partial charge >= 0.3 is 0 Å². The van der Waals surface area contributed by atoms with Gasteiger partial charge in [0.1, 0.15) is 6.10 Å². The molecule has 1 amide bonds. The number of carbonyl (C=O) groups is 1. The molecular weight excluding hydrogens is 312 g/mol. The molecule has 0 spiro atoms. The highest BCUT2D eigenvalue weighted by atomic mass is 16.5. The summed E-state index contributed by atoms with van der Waals surface area (Å²) in [5, 5.41) is 6.56. The first-order valence-electron chi connectivity index (χ1n) is 7.72. The van der Waals surface area contributed by atoms with Crippen molar-refractivity contribution in [3.63, 3.8) is 0 Å². The molecule has 0 saturated carbocycles. The van der Waals surface area contributed by atoms with Gasteiger partial charge in [-0.3, -0.25) is 4.79 Å². The first-order valence-corrected chi connectivity index (χ1v) is 7.72. The van der Waals surface area contributed by atoms with E-state index in [4.69, 9.17) is 14.0 Å². The lowest BCUT2D eigenvalue weighted by Crippen LogP contribution is -2.17. The molecule has 24 heavy (non-hydrogen) atoms. The highest BCUT2D eigenvalue weighted by Crippen LogP contribution is 2.19. The van der Waals surface area contributed by atoms with Crippen molar-refractivity contribution in [3.8, 4) is 5.88 Å². The van der Waals surface area contributed by atoms with Crippen molar-refractivity contribution < 1.29 is 18.8 Å². The van der Waals surface area contributed by atoms with E-state index in [0.717, 1.165) is 6.42 Å². The minimum absolute atomic E-state index is 0.00702. The number of rotatable bonds is 6. The number of aromatic nitrogens is 2. The van der Waals surface area contributed by atoms with Crippen LogP contribution in [0.5, 0.6) is 5.88 Å². The first-order chi connectivity index (χ1) is 11.6. The molecule has 2 aromatic rings. The van der Waals surface area contributed by atoms with E-state index >= 15 is 0 Å². The van der Waals surface area contributed by atoms with E-state index in [1.807, 2.05) is 19.0 Å². The summed E-state index contributed by atoms with van der Waals surface area (Å²) in [6.07, 6.45) is 2.43. The number of pyridine rings is 1. The van der Waals surface area contributed by atoms with E-state index < -0.39 is 0 Å². The zero-order valence-electron chi connectivity index (χ0n) is 13.7.